The number of fused-ring (bicyclic) bond motifs is 1. The molecule has 2 aromatic rings. The minimum atomic E-state index is -1.26. The highest BCUT2D eigenvalue weighted by atomic mass is 35.5. The summed E-state index contributed by atoms with van der Waals surface area (Å²) in [5.74, 6) is -0.386. The van der Waals surface area contributed by atoms with Crippen LogP contribution in [0.25, 0.3) is 0 Å². The lowest BCUT2D eigenvalue weighted by molar-refractivity contribution is -0.139. The number of aromatic amines is 1. The maximum Gasteiger partial charge on any atom is 0.256 e. The molecule has 0 saturated heterocycles. The summed E-state index contributed by atoms with van der Waals surface area (Å²) >= 11 is 6.04. The molecule has 1 aliphatic carbocycles. The molecule has 6 heteroatoms. The van der Waals surface area contributed by atoms with Crippen LogP contribution in [0.2, 0.25) is 5.02 Å². The molecule has 116 valence electrons. The standard InChI is InChI=1S/C16H18ClN3O2/c1-20(9-14-11-6-4-8-13(11)18-19-14)16(22)15(21)10-5-2-3-7-12(10)17/h2-3,5,7,15,21H,4,6,8-9H2,1H3,(H,18,19)/t15-/m1/s1. The fourth-order valence-electron chi connectivity index (χ4n) is 2.86. The maximum absolute atomic E-state index is 12.4. The van der Waals surface area contributed by atoms with Gasteiger partial charge >= 0.3 is 0 Å². The van der Waals surface area contributed by atoms with Gasteiger partial charge in [0.1, 0.15) is 0 Å². The van der Waals surface area contributed by atoms with E-state index >= 15 is 0 Å². The first-order valence-electron chi connectivity index (χ1n) is 7.30. The molecule has 1 aromatic carbocycles. The molecule has 0 radical (unpaired) electrons. The van der Waals surface area contributed by atoms with Gasteiger partial charge < -0.3 is 10.0 Å². The third-order valence-electron chi connectivity index (χ3n) is 4.09. The summed E-state index contributed by atoms with van der Waals surface area (Å²) in [6, 6.07) is 6.83. The lowest BCUT2D eigenvalue weighted by Crippen LogP contribution is -2.31. The zero-order valence-corrected chi connectivity index (χ0v) is 13.1. The van der Waals surface area contributed by atoms with Crippen molar-refractivity contribution in [3.05, 3.63) is 51.8 Å². The molecule has 2 N–H and O–H groups in total. The van der Waals surface area contributed by atoms with E-state index in [1.807, 2.05) is 0 Å². The van der Waals surface area contributed by atoms with Crippen molar-refractivity contribution in [3.8, 4) is 0 Å². The molecular weight excluding hydrogens is 302 g/mol. The number of nitrogens with zero attached hydrogens (tertiary/aromatic N) is 2. The smallest absolute Gasteiger partial charge is 0.256 e. The summed E-state index contributed by atoms with van der Waals surface area (Å²) < 4.78 is 0. The van der Waals surface area contributed by atoms with Crippen LogP contribution < -0.4 is 0 Å². The van der Waals surface area contributed by atoms with Crippen LogP contribution in [0.1, 0.15) is 35.0 Å². The quantitative estimate of drug-likeness (QED) is 0.908. The van der Waals surface area contributed by atoms with Crippen LogP contribution in [0.15, 0.2) is 24.3 Å². The number of likely N-dealkylation sites (N-methyl/N-ethyl adjacent to an activating group) is 1. The average molecular weight is 320 g/mol. The fraction of sp³-hybridized carbons (Fsp3) is 0.375. The molecule has 1 atom stereocenters. The van der Waals surface area contributed by atoms with Gasteiger partial charge in [0.25, 0.3) is 5.91 Å². The number of carbonyl (C=O) groups is 1. The molecule has 5 nitrogen and oxygen atoms in total. The molecule has 22 heavy (non-hydrogen) atoms. The Labute approximate surface area is 133 Å². The van der Waals surface area contributed by atoms with Gasteiger partial charge in [-0.25, -0.2) is 0 Å². The van der Waals surface area contributed by atoms with E-state index in [9.17, 15) is 9.90 Å². The van der Waals surface area contributed by atoms with Crippen molar-refractivity contribution in [1.29, 1.82) is 0 Å². The van der Waals surface area contributed by atoms with Gasteiger partial charge in [-0.05, 0) is 30.9 Å². The SMILES string of the molecule is CN(Cc1n[nH]c2c1CCC2)C(=O)[C@H](O)c1ccccc1Cl. The molecule has 1 aliphatic rings. The Morgan fingerprint density at radius 1 is 1.45 bits per heavy atom. The number of nitrogens with one attached hydrogen (secondary N) is 1. The number of H-pyrrole nitrogens is 1. The first-order chi connectivity index (χ1) is 10.6. The summed E-state index contributed by atoms with van der Waals surface area (Å²) in [4.78, 5) is 13.9. The van der Waals surface area contributed by atoms with Crippen molar-refractivity contribution >= 4 is 17.5 Å². The lowest BCUT2D eigenvalue weighted by atomic mass is 10.1. The molecule has 3 rings (SSSR count). The normalized spacial score (nSPS) is 14.7. The summed E-state index contributed by atoms with van der Waals surface area (Å²) in [6.45, 7) is 0.381. The molecule has 0 spiro atoms. The zero-order valence-electron chi connectivity index (χ0n) is 12.3. The number of hydrogen-bond acceptors (Lipinski definition) is 3. The molecule has 0 fully saturated rings. The number of benzene rings is 1. The van der Waals surface area contributed by atoms with Gasteiger partial charge in [-0.3, -0.25) is 9.89 Å². The Bertz CT molecular complexity index is 698. The summed E-state index contributed by atoms with van der Waals surface area (Å²) in [5.41, 5.74) is 3.69. The van der Waals surface area contributed by atoms with Gasteiger partial charge in [0.15, 0.2) is 6.10 Å². The molecule has 0 unspecified atom stereocenters. The number of aliphatic hydroxyl groups excluding tert-OH is 1. The van der Waals surface area contributed by atoms with Crippen LogP contribution in [0.5, 0.6) is 0 Å². The van der Waals surface area contributed by atoms with Gasteiger partial charge in [0.2, 0.25) is 0 Å². The van der Waals surface area contributed by atoms with Crippen LogP contribution in [0.4, 0.5) is 0 Å². The molecule has 0 aliphatic heterocycles. The van der Waals surface area contributed by atoms with Crippen molar-refractivity contribution in [2.24, 2.45) is 0 Å². The third-order valence-corrected chi connectivity index (χ3v) is 4.43. The number of rotatable bonds is 4. The van der Waals surface area contributed by atoms with E-state index in [0.717, 1.165) is 25.0 Å². The van der Waals surface area contributed by atoms with E-state index in [1.54, 1.807) is 31.3 Å². The minimum absolute atomic E-state index is 0.381. The predicted molar refractivity (Wildman–Crippen MR) is 83.5 cm³/mol. The number of aryl methyl sites for hydroxylation is 1. The first-order valence-corrected chi connectivity index (χ1v) is 7.68. The minimum Gasteiger partial charge on any atom is -0.378 e. The molecule has 1 heterocycles. The van der Waals surface area contributed by atoms with Crippen molar-refractivity contribution in [2.75, 3.05) is 7.05 Å². The second-order valence-corrected chi connectivity index (χ2v) is 6.01. The first kappa shape index (κ1) is 15.1. The number of aromatic nitrogens is 2. The highest BCUT2D eigenvalue weighted by Gasteiger charge is 2.25. The highest BCUT2D eigenvalue weighted by molar-refractivity contribution is 6.31. The van der Waals surface area contributed by atoms with Gasteiger partial charge in [0, 0.05) is 23.3 Å². The summed E-state index contributed by atoms with van der Waals surface area (Å²) in [7, 11) is 1.67. The van der Waals surface area contributed by atoms with Crippen molar-refractivity contribution in [3.63, 3.8) is 0 Å². The largest absolute Gasteiger partial charge is 0.378 e. The van der Waals surface area contributed by atoms with Crippen molar-refractivity contribution < 1.29 is 9.90 Å². The second-order valence-electron chi connectivity index (χ2n) is 5.60. The van der Waals surface area contributed by atoms with Crippen molar-refractivity contribution in [2.45, 2.75) is 31.9 Å². The van der Waals surface area contributed by atoms with E-state index < -0.39 is 6.10 Å². The van der Waals surface area contributed by atoms with Crippen LogP contribution in [0, 0.1) is 0 Å². The monoisotopic (exact) mass is 319 g/mol. The van der Waals surface area contributed by atoms with Gasteiger partial charge in [-0.1, -0.05) is 29.8 Å². The van der Waals surface area contributed by atoms with E-state index in [1.165, 1.54) is 16.2 Å². The summed E-state index contributed by atoms with van der Waals surface area (Å²) in [5, 5.41) is 18.0. The number of hydrogen-bond donors (Lipinski definition) is 2. The fourth-order valence-corrected chi connectivity index (χ4v) is 3.10. The topological polar surface area (TPSA) is 69.2 Å². The number of amides is 1. The molecular formula is C16H18ClN3O2. The van der Waals surface area contributed by atoms with E-state index in [4.69, 9.17) is 11.6 Å². The zero-order chi connectivity index (χ0) is 15.7. The number of halogens is 1. The molecule has 1 aromatic heterocycles. The molecule has 0 saturated carbocycles. The van der Waals surface area contributed by atoms with Gasteiger partial charge in [0.05, 0.1) is 12.2 Å². The Morgan fingerprint density at radius 2 is 2.23 bits per heavy atom. The van der Waals surface area contributed by atoms with Crippen LogP contribution in [-0.2, 0) is 24.2 Å². The summed E-state index contributed by atoms with van der Waals surface area (Å²) in [6.07, 6.45) is 1.88. The predicted octanol–water partition coefficient (Wildman–Crippen LogP) is 2.24. The number of carbonyl (C=O) groups excluding carboxylic acids is 1. The highest BCUT2D eigenvalue weighted by Crippen LogP contribution is 2.26. The van der Waals surface area contributed by atoms with Crippen molar-refractivity contribution in [1.82, 2.24) is 15.1 Å². The third kappa shape index (κ3) is 2.74. The average Bonchev–Trinajstić information content (AvgIpc) is 3.11. The Kier molecular flexibility index (Phi) is 4.18. The van der Waals surface area contributed by atoms with Crippen LogP contribution in [0.3, 0.4) is 0 Å². The van der Waals surface area contributed by atoms with Gasteiger partial charge in [-0.2, -0.15) is 5.10 Å². The number of aliphatic hydroxyl groups is 1. The lowest BCUT2D eigenvalue weighted by Gasteiger charge is -2.21. The van der Waals surface area contributed by atoms with E-state index in [0.29, 0.717) is 17.1 Å². The van der Waals surface area contributed by atoms with E-state index in [2.05, 4.69) is 10.2 Å². The Balaban J connectivity index is 1.73. The van der Waals surface area contributed by atoms with Crippen LogP contribution >= 0.6 is 11.6 Å². The second kappa shape index (κ2) is 6.10. The maximum atomic E-state index is 12.4. The molecule has 1 amide bonds. The Morgan fingerprint density at radius 3 is 3.00 bits per heavy atom. The molecule has 0 bridgehead atoms. The Hall–Kier alpha value is -1.85. The van der Waals surface area contributed by atoms with E-state index in [-0.39, 0.29) is 5.91 Å². The van der Waals surface area contributed by atoms with Crippen LogP contribution in [-0.4, -0.2) is 33.2 Å². The van der Waals surface area contributed by atoms with Gasteiger partial charge in [-0.15, -0.1) is 0 Å².